The number of methoxy groups -OCH3 is 1. The molecule has 1 fully saturated rings. The van der Waals surface area contributed by atoms with E-state index >= 15 is 0 Å². The number of ether oxygens (including phenoxy) is 2. The Kier molecular flexibility index (Phi) is 6.56. The van der Waals surface area contributed by atoms with Crippen molar-refractivity contribution in [1.82, 2.24) is 9.21 Å². The Bertz CT molecular complexity index is 967. The number of nitrogens with zero attached hydrogens (tertiary/aromatic N) is 2. The first kappa shape index (κ1) is 21.3. The predicted molar refractivity (Wildman–Crippen MR) is 110 cm³/mol. The first-order valence-corrected chi connectivity index (χ1v) is 10.8. The standard InChI is InChI=1S/C21H26N2O5S/c1-16-4-9-19(29(25,26)23-10-12-28-13-11-23)14-20(16)21(24)22(2)15-17-5-7-18(27-3)8-6-17/h4-9,14H,10-13,15H2,1-3H3. The van der Waals surface area contributed by atoms with Crippen LogP contribution in [-0.2, 0) is 21.3 Å². The van der Waals surface area contributed by atoms with Gasteiger partial charge in [0.25, 0.3) is 5.91 Å². The minimum absolute atomic E-state index is 0.131. The van der Waals surface area contributed by atoms with E-state index in [4.69, 9.17) is 9.47 Å². The molecule has 2 aromatic rings. The zero-order chi connectivity index (χ0) is 21.0. The Morgan fingerprint density at radius 1 is 1.14 bits per heavy atom. The van der Waals surface area contributed by atoms with E-state index in [1.165, 1.54) is 10.4 Å². The topological polar surface area (TPSA) is 76.2 Å². The second kappa shape index (κ2) is 8.94. The minimum Gasteiger partial charge on any atom is -0.497 e. The van der Waals surface area contributed by atoms with Gasteiger partial charge in [-0.2, -0.15) is 4.31 Å². The van der Waals surface area contributed by atoms with Gasteiger partial charge in [-0.15, -0.1) is 0 Å². The van der Waals surface area contributed by atoms with E-state index in [0.29, 0.717) is 38.4 Å². The van der Waals surface area contributed by atoms with Crippen molar-refractivity contribution in [1.29, 1.82) is 0 Å². The van der Waals surface area contributed by atoms with Gasteiger partial charge in [0.15, 0.2) is 0 Å². The maximum absolute atomic E-state index is 13.0. The number of carbonyl (C=O) groups excluding carboxylic acids is 1. The highest BCUT2D eigenvalue weighted by atomic mass is 32.2. The number of amides is 1. The van der Waals surface area contributed by atoms with E-state index < -0.39 is 10.0 Å². The fourth-order valence-corrected chi connectivity index (χ4v) is 4.64. The number of hydrogen-bond acceptors (Lipinski definition) is 5. The van der Waals surface area contributed by atoms with Gasteiger partial charge in [-0.05, 0) is 42.3 Å². The molecule has 0 aromatic heterocycles. The number of aryl methyl sites for hydroxylation is 1. The first-order chi connectivity index (χ1) is 13.8. The van der Waals surface area contributed by atoms with Crippen molar-refractivity contribution in [2.24, 2.45) is 0 Å². The molecule has 2 aromatic carbocycles. The zero-order valence-corrected chi connectivity index (χ0v) is 17.7. The summed E-state index contributed by atoms with van der Waals surface area (Å²) >= 11 is 0. The Balaban J connectivity index is 1.81. The molecule has 29 heavy (non-hydrogen) atoms. The lowest BCUT2D eigenvalue weighted by Crippen LogP contribution is -2.40. The quantitative estimate of drug-likeness (QED) is 0.720. The maximum atomic E-state index is 13.0. The molecule has 8 heteroatoms. The van der Waals surface area contributed by atoms with Gasteiger partial charge >= 0.3 is 0 Å². The number of benzene rings is 2. The Hall–Kier alpha value is -2.42. The highest BCUT2D eigenvalue weighted by Gasteiger charge is 2.27. The van der Waals surface area contributed by atoms with Crippen LogP contribution in [0.5, 0.6) is 5.75 Å². The van der Waals surface area contributed by atoms with Crippen LogP contribution in [0.4, 0.5) is 0 Å². The van der Waals surface area contributed by atoms with Crippen molar-refractivity contribution in [2.45, 2.75) is 18.4 Å². The third-order valence-electron chi connectivity index (χ3n) is 4.97. The van der Waals surface area contributed by atoms with Gasteiger partial charge in [0.1, 0.15) is 5.75 Å². The number of morpholine rings is 1. The molecule has 0 N–H and O–H groups in total. The number of carbonyl (C=O) groups is 1. The largest absolute Gasteiger partial charge is 0.497 e. The summed E-state index contributed by atoms with van der Waals surface area (Å²) < 4.78 is 37.6. The minimum atomic E-state index is -3.66. The zero-order valence-electron chi connectivity index (χ0n) is 16.9. The Labute approximate surface area is 171 Å². The molecule has 1 aliphatic rings. The normalized spacial score (nSPS) is 15.1. The van der Waals surface area contributed by atoms with E-state index in [1.54, 1.807) is 38.1 Å². The van der Waals surface area contributed by atoms with Crippen molar-refractivity contribution >= 4 is 15.9 Å². The van der Waals surface area contributed by atoms with Gasteiger partial charge in [0, 0.05) is 32.2 Å². The van der Waals surface area contributed by atoms with E-state index in [0.717, 1.165) is 16.9 Å². The van der Waals surface area contributed by atoms with Crippen molar-refractivity contribution < 1.29 is 22.7 Å². The summed E-state index contributed by atoms with van der Waals surface area (Å²) in [5.74, 6) is 0.525. The van der Waals surface area contributed by atoms with Gasteiger partial charge in [-0.1, -0.05) is 18.2 Å². The molecule has 1 heterocycles. The maximum Gasteiger partial charge on any atom is 0.254 e. The summed E-state index contributed by atoms with van der Waals surface area (Å²) in [4.78, 5) is 14.7. The summed E-state index contributed by atoms with van der Waals surface area (Å²) in [6, 6.07) is 12.2. The lowest BCUT2D eigenvalue weighted by molar-refractivity contribution is 0.0730. The molecule has 3 rings (SSSR count). The lowest BCUT2D eigenvalue weighted by Gasteiger charge is -2.26. The summed E-state index contributed by atoms with van der Waals surface area (Å²) in [5, 5.41) is 0. The van der Waals surface area contributed by atoms with Crippen LogP contribution < -0.4 is 4.74 Å². The molecule has 0 atom stereocenters. The SMILES string of the molecule is COc1ccc(CN(C)C(=O)c2cc(S(=O)(=O)N3CCOCC3)ccc2C)cc1. The Morgan fingerprint density at radius 3 is 2.41 bits per heavy atom. The van der Waals surface area contributed by atoms with Crippen LogP contribution >= 0.6 is 0 Å². The second-order valence-electron chi connectivity index (χ2n) is 7.00. The van der Waals surface area contributed by atoms with Gasteiger partial charge in [-0.3, -0.25) is 4.79 Å². The number of hydrogen-bond donors (Lipinski definition) is 0. The van der Waals surface area contributed by atoms with Crippen molar-refractivity contribution in [3.63, 3.8) is 0 Å². The monoisotopic (exact) mass is 418 g/mol. The number of rotatable bonds is 6. The van der Waals surface area contributed by atoms with E-state index in [9.17, 15) is 13.2 Å². The summed E-state index contributed by atoms with van der Waals surface area (Å²) in [6.07, 6.45) is 0. The van der Waals surface area contributed by atoms with Gasteiger partial charge in [0.2, 0.25) is 10.0 Å². The summed E-state index contributed by atoms with van der Waals surface area (Å²) in [7, 11) is -0.352. The van der Waals surface area contributed by atoms with E-state index in [-0.39, 0.29) is 10.8 Å². The first-order valence-electron chi connectivity index (χ1n) is 9.40. The smallest absolute Gasteiger partial charge is 0.254 e. The lowest BCUT2D eigenvalue weighted by atomic mass is 10.1. The molecule has 0 aliphatic carbocycles. The second-order valence-corrected chi connectivity index (χ2v) is 8.94. The molecule has 1 aliphatic heterocycles. The molecule has 0 saturated carbocycles. The molecular formula is C21H26N2O5S. The van der Waals surface area contributed by atoms with E-state index in [1.807, 2.05) is 24.3 Å². The molecule has 7 nitrogen and oxygen atoms in total. The Morgan fingerprint density at radius 2 is 1.79 bits per heavy atom. The molecular weight excluding hydrogens is 392 g/mol. The fourth-order valence-electron chi connectivity index (χ4n) is 3.21. The van der Waals surface area contributed by atoms with Crippen LogP contribution in [0, 0.1) is 6.92 Å². The third-order valence-corrected chi connectivity index (χ3v) is 6.87. The van der Waals surface area contributed by atoms with Gasteiger partial charge < -0.3 is 14.4 Å². The fraction of sp³-hybridized carbons (Fsp3) is 0.381. The highest BCUT2D eigenvalue weighted by Crippen LogP contribution is 2.22. The summed E-state index contributed by atoms with van der Waals surface area (Å²) in [6.45, 7) is 3.60. The predicted octanol–water partition coefficient (Wildman–Crippen LogP) is 2.30. The number of sulfonamides is 1. The molecule has 0 spiro atoms. The van der Waals surface area contributed by atoms with Crippen LogP contribution in [-0.4, -0.2) is 64.0 Å². The summed E-state index contributed by atoms with van der Waals surface area (Å²) in [5.41, 5.74) is 2.07. The van der Waals surface area contributed by atoms with Crippen molar-refractivity contribution in [3.8, 4) is 5.75 Å². The molecule has 156 valence electrons. The molecule has 1 saturated heterocycles. The van der Waals surface area contributed by atoms with Crippen LogP contribution in [0.15, 0.2) is 47.4 Å². The average Bonchev–Trinajstić information content (AvgIpc) is 2.74. The highest BCUT2D eigenvalue weighted by molar-refractivity contribution is 7.89. The average molecular weight is 419 g/mol. The van der Waals surface area contributed by atoms with Crippen LogP contribution in [0.25, 0.3) is 0 Å². The van der Waals surface area contributed by atoms with Crippen molar-refractivity contribution in [2.75, 3.05) is 40.5 Å². The van der Waals surface area contributed by atoms with Crippen LogP contribution in [0.2, 0.25) is 0 Å². The van der Waals surface area contributed by atoms with Crippen molar-refractivity contribution in [3.05, 3.63) is 59.2 Å². The van der Waals surface area contributed by atoms with Gasteiger partial charge in [-0.25, -0.2) is 8.42 Å². The van der Waals surface area contributed by atoms with Crippen LogP contribution in [0.1, 0.15) is 21.5 Å². The van der Waals surface area contributed by atoms with Crippen LogP contribution in [0.3, 0.4) is 0 Å². The third kappa shape index (κ3) is 4.77. The molecule has 0 radical (unpaired) electrons. The van der Waals surface area contributed by atoms with Gasteiger partial charge in [0.05, 0.1) is 25.2 Å². The molecule has 0 unspecified atom stereocenters. The molecule has 1 amide bonds. The molecule has 0 bridgehead atoms. The van der Waals surface area contributed by atoms with E-state index in [2.05, 4.69) is 0 Å².